The Morgan fingerprint density at radius 1 is 0.357 bits per heavy atom. The molecule has 0 aliphatic heterocycles. The fourth-order valence-electron chi connectivity index (χ4n) is 5.92. The fraction of sp³-hybridized carbons (Fsp3) is 1.00. The average molecular weight is 648 g/mol. The predicted octanol–water partition coefficient (Wildman–Crippen LogP) is 2.38. The second-order valence-corrected chi connectivity index (χ2v) is 10.8. The summed E-state index contributed by atoms with van der Waals surface area (Å²) in [6.45, 7) is -6.16. The van der Waals surface area contributed by atoms with Crippen molar-refractivity contribution in [2.75, 3.05) is 26.4 Å². The summed E-state index contributed by atoms with van der Waals surface area (Å²) in [6, 6.07) is 0. The van der Waals surface area contributed by atoms with Gasteiger partial charge in [0, 0.05) is 0 Å². The Morgan fingerprint density at radius 2 is 0.476 bits per heavy atom. The monoisotopic (exact) mass is 648 g/mol. The van der Waals surface area contributed by atoms with Crippen LogP contribution in [0, 0.1) is 0 Å². The molecule has 0 amide bonds. The first-order chi connectivity index (χ1) is 18.7. The van der Waals surface area contributed by atoms with Crippen LogP contribution < -0.4 is 0 Å². The van der Waals surface area contributed by atoms with Gasteiger partial charge in [0.05, 0.1) is 50.8 Å². The van der Waals surface area contributed by atoms with Crippen LogP contribution in [-0.2, 0) is 18.9 Å². The predicted molar refractivity (Wildman–Crippen MR) is 111 cm³/mol. The molecule has 0 spiro atoms. The standard InChI is InChI=1S/C22H28F12O8/c1-9(35)5-39-13-17(23,24)14(40-6-10(2)36)20(29,30)15(18(13,25)26,41-7-11(3)37)22(33,34)16(19(13,27)28,21(14,31)32)42-8-12(4)38/h9-12,35-38H,5-8H2,1-4H3. The van der Waals surface area contributed by atoms with Crippen molar-refractivity contribution >= 4 is 0 Å². The van der Waals surface area contributed by atoms with Gasteiger partial charge in [-0.3, -0.25) is 0 Å². The second kappa shape index (κ2) is 9.67. The molecule has 0 aromatic heterocycles. The highest BCUT2D eigenvalue weighted by Crippen LogP contribution is 2.88. The first kappa shape index (κ1) is 35.3. The lowest BCUT2D eigenvalue weighted by Gasteiger charge is -2.79. The first-order valence-corrected chi connectivity index (χ1v) is 12.2. The lowest BCUT2D eigenvalue weighted by atomic mass is 9.38. The van der Waals surface area contributed by atoms with Crippen molar-refractivity contribution in [1.29, 1.82) is 0 Å². The van der Waals surface area contributed by atoms with E-state index in [1.807, 2.05) is 0 Å². The van der Waals surface area contributed by atoms with Crippen molar-refractivity contribution in [3.05, 3.63) is 0 Å². The second-order valence-electron chi connectivity index (χ2n) is 10.8. The van der Waals surface area contributed by atoms with E-state index < -0.39 is 109 Å². The van der Waals surface area contributed by atoms with Gasteiger partial charge in [0.2, 0.25) is 0 Å². The van der Waals surface area contributed by atoms with Gasteiger partial charge in [-0.05, 0) is 27.7 Å². The van der Waals surface area contributed by atoms with Gasteiger partial charge in [0.25, 0.3) is 22.4 Å². The largest absolute Gasteiger partial charge is 0.391 e. The van der Waals surface area contributed by atoms with Crippen LogP contribution in [0.5, 0.6) is 0 Å². The summed E-state index contributed by atoms with van der Waals surface area (Å²) in [5.41, 5.74) is -25.9. The van der Waals surface area contributed by atoms with Crippen LogP contribution in [0.25, 0.3) is 0 Å². The maximum Gasteiger partial charge on any atom is 0.329 e. The minimum absolute atomic E-state index is 0.547. The van der Waals surface area contributed by atoms with Crippen LogP contribution in [0.3, 0.4) is 0 Å². The number of halogens is 12. The molecule has 4 N–H and O–H groups in total. The SMILES string of the molecule is CC(O)COC12C(F)(F)C3(OCC(C)O)C(F)(F)C(OCC(C)O)(C1(F)F)C(F)(F)C(OCC(C)O)(C2(F)F)C3(F)F. The number of rotatable bonds is 12. The fourth-order valence-corrected chi connectivity index (χ4v) is 5.92. The smallest absolute Gasteiger partial charge is 0.329 e. The Kier molecular flexibility index (Phi) is 8.13. The zero-order chi connectivity index (χ0) is 33.0. The molecule has 248 valence electrons. The molecule has 0 aromatic carbocycles. The molecule has 4 aliphatic carbocycles. The van der Waals surface area contributed by atoms with Crippen molar-refractivity contribution in [3.8, 4) is 0 Å². The molecule has 4 atom stereocenters. The van der Waals surface area contributed by atoms with Crippen molar-refractivity contribution < 1.29 is 92.1 Å². The van der Waals surface area contributed by atoms with E-state index in [4.69, 9.17) is 0 Å². The van der Waals surface area contributed by atoms with E-state index in [1.165, 1.54) is 0 Å². The Bertz CT molecular complexity index is 798. The van der Waals surface area contributed by atoms with E-state index in [2.05, 4.69) is 18.9 Å². The van der Waals surface area contributed by atoms with Crippen LogP contribution in [0.1, 0.15) is 27.7 Å². The van der Waals surface area contributed by atoms with E-state index >= 15 is 52.7 Å². The quantitative estimate of drug-likeness (QED) is 0.239. The summed E-state index contributed by atoms with van der Waals surface area (Å²) in [5, 5.41) is 38.0. The van der Waals surface area contributed by atoms with Gasteiger partial charge in [0.1, 0.15) is 0 Å². The van der Waals surface area contributed by atoms with Gasteiger partial charge in [-0.25, -0.2) is 0 Å². The topological polar surface area (TPSA) is 118 Å². The summed E-state index contributed by atoms with van der Waals surface area (Å²) >= 11 is 0. The van der Waals surface area contributed by atoms with E-state index in [-0.39, 0.29) is 0 Å². The van der Waals surface area contributed by atoms with Crippen molar-refractivity contribution in [3.63, 3.8) is 0 Å². The van der Waals surface area contributed by atoms with Crippen LogP contribution >= 0.6 is 0 Å². The third kappa shape index (κ3) is 3.25. The van der Waals surface area contributed by atoms with Crippen LogP contribution in [0.4, 0.5) is 52.7 Å². The third-order valence-electron chi connectivity index (χ3n) is 7.47. The van der Waals surface area contributed by atoms with E-state index in [9.17, 15) is 20.4 Å². The van der Waals surface area contributed by atoms with Crippen LogP contribution in [-0.4, -0.2) is 129 Å². The first-order valence-electron chi connectivity index (χ1n) is 12.2. The van der Waals surface area contributed by atoms with Gasteiger partial charge >= 0.3 is 35.5 Å². The van der Waals surface area contributed by atoms with Crippen molar-refractivity contribution in [1.82, 2.24) is 0 Å². The number of hydrogen-bond acceptors (Lipinski definition) is 8. The Hall–Kier alpha value is -1.16. The number of aliphatic hydroxyl groups is 4. The summed E-state index contributed by atoms with van der Waals surface area (Å²) < 4.78 is 212. The molecule has 0 saturated heterocycles. The highest BCUT2D eigenvalue weighted by atomic mass is 19.3. The van der Waals surface area contributed by atoms with E-state index in [1.54, 1.807) is 0 Å². The number of aliphatic hydroxyl groups excluding tert-OH is 4. The molecule has 8 nitrogen and oxygen atoms in total. The molecule has 4 bridgehead atoms. The zero-order valence-corrected chi connectivity index (χ0v) is 22.1. The summed E-state index contributed by atoms with van der Waals surface area (Å²) in [7, 11) is 0. The van der Waals surface area contributed by atoms with Crippen molar-refractivity contribution in [2.45, 2.75) is 110 Å². The average Bonchev–Trinajstić information content (AvgIpc) is 2.75. The van der Waals surface area contributed by atoms with Crippen LogP contribution in [0.15, 0.2) is 0 Å². The van der Waals surface area contributed by atoms with Gasteiger partial charge in [0.15, 0.2) is 0 Å². The molecule has 4 aliphatic rings. The van der Waals surface area contributed by atoms with E-state index in [0.29, 0.717) is 27.7 Å². The molecule has 0 radical (unpaired) electrons. The maximum atomic E-state index is 16.3. The Balaban J connectivity index is 2.73. The van der Waals surface area contributed by atoms with Gasteiger partial charge in [-0.15, -0.1) is 0 Å². The maximum absolute atomic E-state index is 16.3. The normalized spacial score (nSPS) is 40.9. The lowest BCUT2D eigenvalue weighted by Crippen LogP contribution is -3.12. The van der Waals surface area contributed by atoms with Crippen LogP contribution in [0.2, 0.25) is 0 Å². The molecule has 0 heterocycles. The number of alkyl halides is 12. The summed E-state index contributed by atoms with van der Waals surface area (Å²) in [5.74, 6) is -42.5. The molecule has 20 heteroatoms. The van der Waals surface area contributed by atoms with Gasteiger partial charge in [-0.1, -0.05) is 0 Å². The summed E-state index contributed by atoms with van der Waals surface area (Å²) in [6.07, 6.45) is -9.17. The molecule has 4 fully saturated rings. The minimum atomic E-state index is -7.09. The molecule has 0 aromatic rings. The van der Waals surface area contributed by atoms with Gasteiger partial charge < -0.3 is 39.4 Å². The Morgan fingerprint density at radius 3 is 0.571 bits per heavy atom. The molecule has 42 heavy (non-hydrogen) atoms. The summed E-state index contributed by atoms with van der Waals surface area (Å²) in [4.78, 5) is 0. The van der Waals surface area contributed by atoms with E-state index in [0.717, 1.165) is 0 Å². The molecule has 4 unspecified atom stereocenters. The highest BCUT2D eigenvalue weighted by molar-refractivity contribution is 5.55. The molecule has 4 saturated carbocycles. The van der Waals surface area contributed by atoms with Crippen molar-refractivity contribution in [2.24, 2.45) is 0 Å². The highest BCUT2D eigenvalue weighted by Gasteiger charge is 3.22. The third-order valence-corrected chi connectivity index (χ3v) is 7.47. The Labute approximate surface area is 229 Å². The lowest BCUT2D eigenvalue weighted by molar-refractivity contribution is -0.650. The molecular weight excluding hydrogens is 620 g/mol. The minimum Gasteiger partial charge on any atom is -0.391 e. The molecule has 4 rings (SSSR count). The molecular formula is C22H28F12O8. The number of ether oxygens (including phenoxy) is 4. The zero-order valence-electron chi connectivity index (χ0n) is 22.1. The van der Waals surface area contributed by atoms with Gasteiger partial charge in [-0.2, -0.15) is 52.7 Å². The number of hydrogen-bond donors (Lipinski definition) is 4.